The number of aryl methyl sites for hydroxylation is 2. The summed E-state index contributed by atoms with van der Waals surface area (Å²) in [5.74, 6) is 1.89. The summed E-state index contributed by atoms with van der Waals surface area (Å²) in [6.45, 7) is 8.96. The fourth-order valence-electron chi connectivity index (χ4n) is 4.44. The van der Waals surface area contributed by atoms with Gasteiger partial charge in [-0.15, -0.1) is 0 Å². The lowest BCUT2D eigenvalue weighted by atomic mass is 9.95. The van der Waals surface area contributed by atoms with Crippen molar-refractivity contribution >= 4 is 11.8 Å². The standard InChI is InChI=1S/C22H33N5O3/c1-15-9-20(25-16(2)24-15)22(29)23-10-19-13-27(21(28)14-30-19)12-18-5-7-26(8-6-18)11-17-3-4-17/h9,17-19H,3-8,10-14H2,1-2H3,(H,23,29)/t19-/m1/s1. The molecule has 0 bridgehead atoms. The number of likely N-dealkylation sites (tertiary alicyclic amines) is 1. The molecule has 8 nitrogen and oxygen atoms in total. The van der Waals surface area contributed by atoms with E-state index in [-0.39, 0.29) is 24.5 Å². The number of rotatable bonds is 7. The molecular weight excluding hydrogens is 382 g/mol. The number of hydrogen-bond acceptors (Lipinski definition) is 6. The summed E-state index contributed by atoms with van der Waals surface area (Å²) in [7, 11) is 0. The van der Waals surface area contributed by atoms with Gasteiger partial charge in [0.2, 0.25) is 5.91 Å². The van der Waals surface area contributed by atoms with Gasteiger partial charge in [-0.05, 0) is 70.5 Å². The minimum Gasteiger partial charge on any atom is -0.365 e. The number of morpholine rings is 1. The van der Waals surface area contributed by atoms with Gasteiger partial charge >= 0.3 is 0 Å². The van der Waals surface area contributed by atoms with Gasteiger partial charge < -0.3 is 19.9 Å². The van der Waals surface area contributed by atoms with E-state index >= 15 is 0 Å². The lowest BCUT2D eigenvalue weighted by Crippen LogP contribution is -2.52. The Hall–Kier alpha value is -2.06. The minimum absolute atomic E-state index is 0.0556. The van der Waals surface area contributed by atoms with Crippen LogP contribution in [0.4, 0.5) is 0 Å². The van der Waals surface area contributed by atoms with E-state index in [1.165, 1.54) is 19.4 Å². The maximum absolute atomic E-state index is 12.4. The summed E-state index contributed by atoms with van der Waals surface area (Å²) < 4.78 is 5.66. The summed E-state index contributed by atoms with van der Waals surface area (Å²) in [6, 6.07) is 1.68. The number of nitrogens with zero attached hydrogens (tertiary/aromatic N) is 4. The van der Waals surface area contributed by atoms with Crippen molar-refractivity contribution in [2.45, 2.75) is 45.6 Å². The summed E-state index contributed by atoms with van der Waals surface area (Å²) in [6.07, 6.45) is 4.93. The largest absolute Gasteiger partial charge is 0.365 e. The van der Waals surface area contributed by atoms with Crippen LogP contribution in [-0.2, 0) is 9.53 Å². The quantitative estimate of drug-likeness (QED) is 0.719. The van der Waals surface area contributed by atoms with Crippen molar-refractivity contribution in [2.75, 3.05) is 45.9 Å². The molecule has 1 saturated carbocycles. The summed E-state index contributed by atoms with van der Waals surface area (Å²) in [4.78, 5) is 37.7. The van der Waals surface area contributed by atoms with E-state index < -0.39 is 0 Å². The van der Waals surface area contributed by atoms with Gasteiger partial charge in [-0.1, -0.05) is 0 Å². The van der Waals surface area contributed by atoms with Crippen molar-refractivity contribution in [1.82, 2.24) is 25.1 Å². The van der Waals surface area contributed by atoms with Crippen LogP contribution in [0.2, 0.25) is 0 Å². The van der Waals surface area contributed by atoms with Crippen LogP contribution in [-0.4, -0.2) is 83.6 Å². The highest BCUT2D eigenvalue weighted by molar-refractivity contribution is 5.92. The van der Waals surface area contributed by atoms with Gasteiger partial charge in [-0.2, -0.15) is 0 Å². The number of carbonyl (C=O) groups excluding carboxylic acids is 2. The maximum Gasteiger partial charge on any atom is 0.270 e. The minimum atomic E-state index is -0.237. The van der Waals surface area contributed by atoms with Crippen LogP contribution in [0.15, 0.2) is 6.07 Å². The molecule has 1 aliphatic carbocycles. The molecule has 1 atom stereocenters. The number of ether oxygens (including phenoxy) is 1. The van der Waals surface area contributed by atoms with Gasteiger partial charge in [0.05, 0.1) is 6.10 Å². The molecular formula is C22H33N5O3. The van der Waals surface area contributed by atoms with Gasteiger partial charge in [-0.3, -0.25) is 9.59 Å². The molecule has 8 heteroatoms. The second kappa shape index (κ2) is 9.39. The van der Waals surface area contributed by atoms with Crippen molar-refractivity contribution < 1.29 is 14.3 Å². The van der Waals surface area contributed by atoms with Crippen molar-refractivity contribution in [2.24, 2.45) is 11.8 Å². The summed E-state index contributed by atoms with van der Waals surface area (Å²) in [5.41, 5.74) is 1.13. The van der Waals surface area contributed by atoms with Gasteiger partial charge in [0, 0.05) is 31.9 Å². The third kappa shape index (κ3) is 5.76. The van der Waals surface area contributed by atoms with E-state index in [4.69, 9.17) is 4.74 Å². The molecule has 2 aliphatic heterocycles. The molecule has 2 amide bonds. The zero-order valence-corrected chi connectivity index (χ0v) is 18.1. The van der Waals surface area contributed by atoms with Gasteiger partial charge in [0.15, 0.2) is 0 Å². The number of aromatic nitrogens is 2. The third-order valence-electron chi connectivity index (χ3n) is 6.31. The first-order valence-electron chi connectivity index (χ1n) is 11.2. The van der Waals surface area contributed by atoms with Crippen molar-refractivity contribution in [3.05, 3.63) is 23.3 Å². The zero-order chi connectivity index (χ0) is 21.1. The maximum atomic E-state index is 12.4. The SMILES string of the molecule is Cc1cc(C(=O)NC[C@@H]2CN(CC3CCN(CC4CC4)CC3)C(=O)CO2)nc(C)n1. The molecule has 0 spiro atoms. The molecule has 0 aromatic carbocycles. The number of hydrogen-bond donors (Lipinski definition) is 1. The van der Waals surface area contributed by atoms with Gasteiger partial charge in [-0.25, -0.2) is 9.97 Å². The summed E-state index contributed by atoms with van der Waals surface area (Å²) in [5, 5.41) is 2.89. The predicted octanol–water partition coefficient (Wildman–Crippen LogP) is 1.17. The number of piperidine rings is 1. The average molecular weight is 416 g/mol. The van der Waals surface area contributed by atoms with Crippen LogP contribution < -0.4 is 5.32 Å². The molecule has 1 N–H and O–H groups in total. The van der Waals surface area contributed by atoms with E-state index in [0.29, 0.717) is 30.5 Å². The Morgan fingerprint density at radius 3 is 2.57 bits per heavy atom. The Bertz CT molecular complexity index is 754. The first-order chi connectivity index (χ1) is 14.5. The molecule has 164 valence electrons. The second-order valence-corrected chi connectivity index (χ2v) is 9.07. The fraction of sp³-hybridized carbons (Fsp3) is 0.727. The smallest absolute Gasteiger partial charge is 0.270 e. The van der Waals surface area contributed by atoms with Crippen molar-refractivity contribution in [1.29, 1.82) is 0 Å². The van der Waals surface area contributed by atoms with Crippen molar-refractivity contribution in [3.63, 3.8) is 0 Å². The third-order valence-corrected chi connectivity index (χ3v) is 6.31. The highest BCUT2D eigenvalue weighted by Gasteiger charge is 2.31. The van der Waals surface area contributed by atoms with E-state index in [0.717, 1.165) is 44.1 Å². The number of carbonyl (C=O) groups is 2. The highest BCUT2D eigenvalue weighted by atomic mass is 16.5. The topological polar surface area (TPSA) is 87.7 Å². The van der Waals surface area contributed by atoms with Gasteiger partial charge in [0.25, 0.3) is 5.91 Å². The molecule has 4 rings (SSSR count). The fourth-order valence-corrected chi connectivity index (χ4v) is 4.44. The Morgan fingerprint density at radius 2 is 1.87 bits per heavy atom. The first-order valence-corrected chi connectivity index (χ1v) is 11.2. The van der Waals surface area contributed by atoms with E-state index in [1.54, 1.807) is 13.0 Å². The highest BCUT2D eigenvalue weighted by Crippen LogP contribution is 2.31. The van der Waals surface area contributed by atoms with E-state index in [1.807, 2.05) is 11.8 Å². The monoisotopic (exact) mass is 415 g/mol. The summed E-state index contributed by atoms with van der Waals surface area (Å²) >= 11 is 0. The molecule has 1 aromatic heterocycles. The molecule has 3 aliphatic rings. The molecule has 30 heavy (non-hydrogen) atoms. The molecule has 1 aromatic rings. The van der Waals surface area contributed by atoms with Crippen molar-refractivity contribution in [3.8, 4) is 0 Å². The Labute approximate surface area is 178 Å². The average Bonchev–Trinajstić information content (AvgIpc) is 3.53. The number of amides is 2. The normalized spacial score (nSPS) is 23.6. The lowest BCUT2D eigenvalue weighted by Gasteiger charge is -2.38. The van der Waals surface area contributed by atoms with Crippen LogP contribution >= 0.6 is 0 Å². The number of nitrogens with one attached hydrogen (secondary N) is 1. The Morgan fingerprint density at radius 1 is 1.13 bits per heavy atom. The lowest BCUT2D eigenvalue weighted by molar-refractivity contribution is -0.149. The predicted molar refractivity (Wildman–Crippen MR) is 112 cm³/mol. The first kappa shape index (κ1) is 21.2. The molecule has 2 saturated heterocycles. The van der Waals surface area contributed by atoms with Crippen LogP contribution in [0.5, 0.6) is 0 Å². The molecule has 0 unspecified atom stereocenters. The van der Waals surface area contributed by atoms with E-state index in [2.05, 4.69) is 20.2 Å². The molecule has 3 heterocycles. The van der Waals surface area contributed by atoms with Crippen LogP contribution in [0.25, 0.3) is 0 Å². The Balaban J connectivity index is 1.23. The van der Waals surface area contributed by atoms with Crippen LogP contribution in [0.3, 0.4) is 0 Å². The molecule has 0 radical (unpaired) electrons. The van der Waals surface area contributed by atoms with Gasteiger partial charge in [0.1, 0.15) is 18.1 Å². The zero-order valence-electron chi connectivity index (χ0n) is 18.1. The Kier molecular flexibility index (Phi) is 6.63. The van der Waals surface area contributed by atoms with Crippen LogP contribution in [0.1, 0.15) is 47.7 Å². The van der Waals surface area contributed by atoms with E-state index in [9.17, 15) is 9.59 Å². The second-order valence-electron chi connectivity index (χ2n) is 9.07. The van der Waals surface area contributed by atoms with Crippen LogP contribution in [0, 0.1) is 25.7 Å². The molecule has 3 fully saturated rings.